The Labute approximate surface area is 203 Å². The average molecular weight is 477 g/mol. The van der Waals surface area contributed by atoms with Gasteiger partial charge in [0.15, 0.2) is 5.13 Å². The molecule has 1 N–H and O–H groups in total. The van der Waals surface area contributed by atoms with Crippen LogP contribution in [0.25, 0.3) is 10.9 Å². The number of aliphatic imine (C=N–C) groups is 1. The van der Waals surface area contributed by atoms with E-state index in [4.69, 9.17) is 0 Å². The summed E-state index contributed by atoms with van der Waals surface area (Å²) in [6, 6.07) is 9.86. The third-order valence-electron chi connectivity index (χ3n) is 5.89. The molecule has 9 nitrogen and oxygen atoms in total. The zero-order valence-electron chi connectivity index (χ0n) is 19.8. The van der Waals surface area contributed by atoms with Gasteiger partial charge in [0.2, 0.25) is 12.2 Å². The summed E-state index contributed by atoms with van der Waals surface area (Å²) in [6.07, 6.45) is 5.38. The second-order valence-electron chi connectivity index (χ2n) is 8.69. The lowest BCUT2D eigenvalue weighted by atomic mass is 10.00. The van der Waals surface area contributed by atoms with Crippen LogP contribution in [0.1, 0.15) is 23.5 Å². The summed E-state index contributed by atoms with van der Waals surface area (Å²) in [6.45, 7) is 6.40. The van der Waals surface area contributed by atoms with Crippen LogP contribution in [0.3, 0.4) is 0 Å². The molecule has 3 heterocycles. The monoisotopic (exact) mass is 476 g/mol. The van der Waals surface area contributed by atoms with Gasteiger partial charge in [0, 0.05) is 45.3 Å². The van der Waals surface area contributed by atoms with Crippen LogP contribution < -0.4 is 10.2 Å². The molecule has 1 aliphatic rings. The molecule has 1 amide bonds. The quantitative estimate of drug-likeness (QED) is 0.349. The summed E-state index contributed by atoms with van der Waals surface area (Å²) >= 11 is 1.41. The van der Waals surface area contributed by atoms with Crippen molar-refractivity contribution in [2.24, 2.45) is 10.9 Å². The Morgan fingerprint density at radius 3 is 2.82 bits per heavy atom. The van der Waals surface area contributed by atoms with Gasteiger partial charge in [-0.1, -0.05) is 31.3 Å². The number of thiazole rings is 1. The largest absolute Gasteiger partial charge is 0.344 e. The summed E-state index contributed by atoms with van der Waals surface area (Å²) in [5.41, 5.74) is 1.73. The smallest absolute Gasteiger partial charge is 0.265 e. The molecule has 1 fully saturated rings. The number of nitrogens with zero attached hydrogens (tertiary/aromatic N) is 7. The average Bonchev–Trinajstić information content (AvgIpc) is 3.33. The van der Waals surface area contributed by atoms with Crippen molar-refractivity contribution in [3.05, 3.63) is 47.6 Å². The normalized spacial score (nSPS) is 16.6. The van der Waals surface area contributed by atoms with Crippen LogP contribution in [-0.2, 0) is 0 Å². The molecule has 10 heteroatoms. The van der Waals surface area contributed by atoms with Crippen LogP contribution in [-0.4, -0.2) is 71.4 Å². The van der Waals surface area contributed by atoms with E-state index in [-0.39, 0.29) is 11.9 Å². The van der Waals surface area contributed by atoms with E-state index < -0.39 is 0 Å². The topological polar surface area (TPSA) is 101 Å². The van der Waals surface area contributed by atoms with Crippen molar-refractivity contribution in [2.75, 3.05) is 43.9 Å². The number of nitriles is 1. The van der Waals surface area contributed by atoms with Crippen LogP contribution in [0.5, 0.6) is 0 Å². The Hall–Kier alpha value is -3.71. The first-order chi connectivity index (χ1) is 16.4. The molecule has 176 valence electrons. The van der Waals surface area contributed by atoms with Crippen LogP contribution in [0.2, 0.25) is 0 Å². The Balaban J connectivity index is 1.58. The van der Waals surface area contributed by atoms with Gasteiger partial charge in [-0.05, 0) is 30.2 Å². The van der Waals surface area contributed by atoms with E-state index in [0.717, 1.165) is 21.7 Å². The van der Waals surface area contributed by atoms with Crippen molar-refractivity contribution in [1.82, 2.24) is 19.8 Å². The van der Waals surface area contributed by atoms with Gasteiger partial charge in [0.25, 0.3) is 5.91 Å². The zero-order valence-corrected chi connectivity index (χ0v) is 20.6. The first-order valence-corrected chi connectivity index (χ1v) is 12.0. The molecule has 3 aromatic rings. The number of benzene rings is 1. The minimum Gasteiger partial charge on any atom is -0.344 e. The lowest BCUT2D eigenvalue weighted by Crippen LogP contribution is -2.58. The Morgan fingerprint density at radius 2 is 2.09 bits per heavy atom. The van der Waals surface area contributed by atoms with Gasteiger partial charge in [-0.2, -0.15) is 5.26 Å². The number of carbonyl (C=O) groups excluding carboxylic acids is 1. The van der Waals surface area contributed by atoms with Gasteiger partial charge < -0.3 is 20.0 Å². The minimum atomic E-state index is -0.0417. The Bertz CT molecular complexity index is 1240. The van der Waals surface area contributed by atoms with Crippen LogP contribution in [0.4, 0.5) is 10.8 Å². The second kappa shape index (κ2) is 10.1. The van der Waals surface area contributed by atoms with Crippen molar-refractivity contribution in [1.29, 1.82) is 5.26 Å². The molecule has 1 aliphatic heterocycles. The van der Waals surface area contributed by atoms with E-state index in [1.807, 2.05) is 36.5 Å². The lowest BCUT2D eigenvalue weighted by molar-refractivity contribution is 0.0832. The van der Waals surface area contributed by atoms with Crippen molar-refractivity contribution < 1.29 is 4.79 Å². The predicted octanol–water partition coefficient (Wildman–Crippen LogP) is 3.49. The maximum absolute atomic E-state index is 12.3. The van der Waals surface area contributed by atoms with E-state index in [0.29, 0.717) is 36.4 Å². The number of aromatic nitrogens is 2. The minimum absolute atomic E-state index is 0.0417. The molecule has 2 aromatic heterocycles. The second-order valence-corrected chi connectivity index (χ2v) is 9.70. The summed E-state index contributed by atoms with van der Waals surface area (Å²) in [5, 5.41) is 14.6. The van der Waals surface area contributed by atoms with E-state index in [2.05, 4.69) is 43.9 Å². The van der Waals surface area contributed by atoms with Crippen LogP contribution >= 0.6 is 11.3 Å². The molecule has 0 bridgehead atoms. The molecule has 1 unspecified atom stereocenters. The number of pyridine rings is 1. The SMILES string of the molecule is CC(C)C1CN(c2ncc(C(=O)N(C)C)s2)CCN1/C(=N\C#N)Nc1cccc2ncccc12. The fourth-order valence-electron chi connectivity index (χ4n) is 4.09. The van der Waals surface area contributed by atoms with E-state index in [1.54, 1.807) is 31.4 Å². The molecule has 0 spiro atoms. The van der Waals surface area contributed by atoms with E-state index in [9.17, 15) is 10.1 Å². The van der Waals surface area contributed by atoms with Gasteiger partial charge in [-0.25, -0.2) is 4.98 Å². The molecule has 0 saturated carbocycles. The molecule has 1 atom stereocenters. The highest BCUT2D eigenvalue weighted by atomic mass is 32.1. The number of hydrogen-bond acceptors (Lipinski definition) is 7. The number of piperazine rings is 1. The first-order valence-electron chi connectivity index (χ1n) is 11.2. The molecule has 34 heavy (non-hydrogen) atoms. The van der Waals surface area contributed by atoms with Crippen molar-refractivity contribution >= 4 is 44.9 Å². The predicted molar refractivity (Wildman–Crippen MR) is 136 cm³/mol. The van der Waals surface area contributed by atoms with Crippen molar-refractivity contribution in [3.63, 3.8) is 0 Å². The molecular weight excluding hydrogens is 448 g/mol. The Morgan fingerprint density at radius 1 is 1.26 bits per heavy atom. The maximum atomic E-state index is 12.3. The van der Waals surface area contributed by atoms with Gasteiger partial charge in [0.05, 0.1) is 23.4 Å². The highest BCUT2D eigenvalue weighted by molar-refractivity contribution is 7.17. The molecule has 1 aromatic carbocycles. The van der Waals surface area contributed by atoms with E-state index in [1.165, 1.54) is 11.3 Å². The standard InChI is InChI=1S/C24H28N8OS/c1-16(2)20-14-31(24-27-13-21(34-24)22(33)30(3)4)11-12-32(20)23(28-15-25)29-19-9-5-8-18-17(19)7-6-10-26-18/h5-10,13,16,20H,11-12,14H2,1-4H3,(H,28,29). The number of hydrogen-bond donors (Lipinski definition) is 1. The number of amides is 1. The van der Waals surface area contributed by atoms with Crippen LogP contribution in [0, 0.1) is 17.4 Å². The number of fused-ring (bicyclic) bond motifs is 1. The van der Waals surface area contributed by atoms with E-state index >= 15 is 0 Å². The molecule has 0 radical (unpaired) electrons. The molecule has 0 aliphatic carbocycles. The fraction of sp³-hybridized carbons (Fsp3) is 0.375. The van der Waals surface area contributed by atoms with Gasteiger partial charge in [-0.15, -0.1) is 4.99 Å². The summed E-state index contributed by atoms with van der Waals surface area (Å²) in [7, 11) is 3.48. The highest BCUT2D eigenvalue weighted by Gasteiger charge is 2.33. The molecule has 4 rings (SSSR count). The van der Waals surface area contributed by atoms with Gasteiger partial charge >= 0.3 is 0 Å². The summed E-state index contributed by atoms with van der Waals surface area (Å²) in [4.78, 5) is 32.0. The third kappa shape index (κ3) is 4.79. The number of nitrogens with one attached hydrogen (secondary N) is 1. The van der Waals surface area contributed by atoms with Crippen LogP contribution in [0.15, 0.2) is 47.7 Å². The molecular formula is C24H28N8OS. The first kappa shape index (κ1) is 23.4. The maximum Gasteiger partial charge on any atom is 0.265 e. The number of rotatable bonds is 4. The van der Waals surface area contributed by atoms with Crippen molar-refractivity contribution in [2.45, 2.75) is 19.9 Å². The summed E-state index contributed by atoms with van der Waals surface area (Å²) in [5.74, 6) is 0.783. The lowest BCUT2D eigenvalue weighted by Gasteiger charge is -2.44. The van der Waals surface area contributed by atoms with Gasteiger partial charge in [0.1, 0.15) is 4.88 Å². The number of anilines is 2. The van der Waals surface area contributed by atoms with Gasteiger partial charge in [-0.3, -0.25) is 9.78 Å². The number of guanidine groups is 1. The van der Waals surface area contributed by atoms with Crippen molar-refractivity contribution in [3.8, 4) is 6.19 Å². The zero-order chi connectivity index (χ0) is 24.2. The summed E-state index contributed by atoms with van der Waals surface area (Å²) < 4.78 is 0. The number of carbonyl (C=O) groups is 1. The Kier molecular flexibility index (Phi) is 6.93. The third-order valence-corrected chi connectivity index (χ3v) is 6.94. The highest BCUT2D eigenvalue weighted by Crippen LogP contribution is 2.29. The fourth-order valence-corrected chi connectivity index (χ4v) is 5.06. The molecule has 1 saturated heterocycles.